The molecule has 1 heterocycles. The summed E-state index contributed by atoms with van der Waals surface area (Å²) in [5.74, 6) is 2.43. The number of hydrogen-bond acceptors (Lipinski definition) is 3. The number of amides is 1. The minimum absolute atomic E-state index is 0.179. The standard InChI is InChI=1S/C26H28ClN3O2/c1-18-24(17-29(16-19-10-11-19)25(31)20-6-5-7-20)26(32-23-14-12-21(27)13-15-23)30(28-18)22-8-3-2-4-9-22/h2-4,8-9,12-15,19-20H,5-7,10-11,16-17H2,1H3. The number of halogens is 1. The molecule has 5 rings (SSSR count). The third-order valence-electron chi connectivity index (χ3n) is 6.46. The van der Waals surface area contributed by atoms with E-state index in [-0.39, 0.29) is 11.8 Å². The summed E-state index contributed by atoms with van der Waals surface area (Å²) in [6.45, 7) is 3.34. The molecule has 2 saturated carbocycles. The van der Waals surface area contributed by atoms with Gasteiger partial charge in [0.1, 0.15) is 5.75 Å². The maximum atomic E-state index is 13.2. The molecule has 0 spiro atoms. The highest BCUT2D eigenvalue weighted by atomic mass is 35.5. The molecule has 0 atom stereocenters. The zero-order valence-electron chi connectivity index (χ0n) is 18.3. The number of carbonyl (C=O) groups excluding carboxylic acids is 1. The number of para-hydroxylation sites is 1. The van der Waals surface area contributed by atoms with Crippen molar-refractivity contribution in [1.29, 1.82) is 0 Å². The van der Waals surface area contributed by atoms with Crippen LogP contribution in [0.25, 0.3) is 5.69 Å². The molecule has 6 heteroatoms. The first-order chi connectivity index (χ1) is 15.6. The van der Waals surface area contributed by atoms with Crippen LogP contribution in [0.4, 0.5) is 0 Å². The van der Waals surface area contributed by atoms with Crippen molar-refractivity contribution in [2.45, 2.75) is 45.6 Å². The predicted molar refractivity (Wildman–Crippen MR) is 125 cm³/mol. The molecule has 5 nitrogen and oxygen atoms in total. The van der Waals surface area contributed by atoms with Crippen molar-refractivity contribution in [2.75, 3.05) is 6.54 Å². The molecule has 2 aromatic carbocycles. The van der Waals surface area contributed by atoms with E-state index in [2.05, 4.69) is 4.90 Å². The Morgan fingerprint density at radius 2 is 1.81 bits per heavy atom. The van der Waals surface area contributed by atoms with Crippen molar-refractivity contribution in [2.24, 2.45) is 11.8 Å². The van der Waals surface area contributed by atoms with Crippen LogP contribution in [0.1, 0.15) is 43.4 Å². The van der Waals surface area contributed by atoms with Crippen LogP contribution in [0.5, 0.6) is 11.6 Å². The van der Waals surface area contributed by atoms with Gasteiger partial charge in [-0.2, -0.15) is 5.10 Å². The summed E-state index contributed by atoms with van der Waals surface area (Å²) in [7, 11) is 0. The zero-order chi connectivity index (χ0) is 22.1. The SMILES string of the molecule is Cc1nn(-c2ccccc2)c(Oc2ccc(Cl)cc2)c1CN(CC1CC1)C(=O)C1CCC1. The van der Waals surface area contributed by atoms with Gasteiger partial charge in [-0.1, -0.05) is 36.2 Å². The Bertz CT molecular complexity index is 1090. The Morgan fingerprint density at radius 1 is 1.09 bits per heavy atom. The number of nitrogens with zero attached hydrogens (tertiary/aromatic N) is 3. The summed E-state index contributed by atoms with van der Waals surface area (Å²) in [6, 6.07) is 17.3. The van der Waals surface area contributed by atoms with Gasteiger partial charge in [-0.3, -0.25) is 4.79 Å². The highest BCUT2D eigenvalue weighted by Crippen LogP contribution is 2.36. The lowest BCUT2D eigenvalue weighted by atomic mass is 9.84. The summed E-state index contributed by atoms with van der Waals surface area (Å²) in [6.07, 6.45) is 5.60. The second kappa shape index (κ2) is 8.99. The minimum atomic E-state index is 0.179. The van der Waals surface area contributed by atoms with Gasteiger partial charge in [-0.15, -0.1) is 0 Å². The second-order valence-corrected chi connectivity index (χ2v) is 9.40. The largest absolute Gasteiger partial charge is 0.439 e. The first kappa shape index (κ1) is 21.1. The van der Waals surface area contributed by atoms with Crippen LogP contribution in [-0.2, 0) is 11.3 Å². The van der Waals surface area contributed by atoms with Gasteiger partial charge >= 0.3 is 0 Å². The molecule has 2 aliphatic rings. The first-order valence-corrected chi connectivity index (χ1v) is 11.8. The smallest absolute Gasteiger partial charge is 0.227 e. The molecule has 2 aliphatic carbocycles. The molecule has 1 aromatic heterocycles. The van der Waals surface area contributed by atoms with E-state index in [1.54, 1.807) is 0 Å². The average Bonchev–Trinajstić information content (AvgIpc) is 3.53. The number of aromatic nitrogens is 2. The van der Waals surface area contributed by atoms with Gasteiger partial charge in [0.2, 0.25) is 11.8 Å². The molecular formula is C26H28ClN3O2. The fraction of sp³-hybridized carbons (Fsp3) is 0.385. The normalized spacial score (nSPS) is 15.9. The average molecular weight is 450 g/mol. The van der Waals surface area contributed by atoms with Crippen molar-refractivity contribution in [3.8, 4) is 17.3 Å². The Hall–Kier alpha value is -2.79. The topological polar surface area (TPSA) is 47.4 Å². The summed E-state index contributed by atoms with van der Waals surface area (Å²) in [5.41, 5.74) is 2.75. The maximum Gasteiger partial charge on any atom is 0.227 e. The molecule has 2 fully saturated rings. The third kappa shape index (κ3) is 4.53. The van der Waals surface area contributed by atoms with E-state index >= 15 is 0 Å². The minimum Gasteiger partial charge on any atom is -0.439 e. The van der Waals surface area contributed by atoms with Crippen molar-refractivity contribution in [3.05, 3.63) is 70.9 Å². The van der Waals surface area contributed by atoms with Gasteiger partial charge in [0.25, 0.3) is 0 Å². The maximum absolute atomic E-state index is 13.2. The quantitative estimate of drug-likeness (QED) is 0.413. The molecule has 1 amide bonds. The molecule has 3 aromatic rings. The van der Waals surface area contributed by atoms with Crippen LogP contribution in [0.2, 0.25) is 5.02 Å². The molecule has 0 radical (unpaired) electrons. The van der Waals surface area contributed by atoms with E-state index in [1.807, 2.05) is 66.2 Å². The van der Waals surface area contributed by atoms with Gasteiger partial charge in [0.05, 0.1) is 23.5 Å². The first-order valence-electron chi connectivity index (χ1n) is 11.4. The highest BCUT2D eigenvalue weighted by molar-refractivity contribution is 6.30. The molecule has 0 saturated heterocycles. The van der Waals surface area contributed by atoms with Gasteiger partial charge in [0.15, 0.2) is 0 Å². The van der Waals surface area contributed by atoms with Crippen LogP contribution in [-0.4, -0.2) is 27.1 Å². The van der Waals surface area contributed by atoms with E-state index in [1.165, 1.54) is 12.8 Å². The third-order valence-corrected chi connectivity index (χ3v) is 6.71. The van der Waals surface area contributed by atoms with Crippen LogP contribution >= 0.6 is 11.6 Å². The van der Waals surface area contributed by atoms with E-state index in [0.29, 0.717) is 29.1 Å². The Balaban J connectivity index is 1.51. The Kier molecular flexibility index (Phi) is 5.92. The Morgan fingerprint density at radius 3 is 2.44 bits per heavy atom. The lowest BCUT2D eigenvalue weighted by Gasteiger charge is -2.32. The molecular weight excluding hydrogens is 422 g/mol. The molecule has 0 bridgehead atoms. The van der Waals surface area contributed by atoms with Crippen LogP contribution in [0.15, 0.2) is 54.6 Å². The van der Waals surface area contributed by atoms with Gasteiger partial charge in [-0.25, -0.2) is 4.68 Å². The fourth-order valence-corrected chi connectivity index (χ4v) is 4.26. The molecule has 0 N–H and O–H groups in total. The number of carbonyl (C=O) groups is 1. The molecule has 0 unspecified atom stereocenters. The van der Waals surface area contributed by atoms with Crippen LogP contribution in [0, 0.1) is 18.8 Å². The fourth-order valence-electron chi connectivity index (χ4n) is 4.13. The summed E-state index contributed by atoms with van der Waals surface area (Å²) in [5, 5.41) is 5.47. The summed E-state index contributed by atoms with van der Waals surface area (Å²) >= 11 is 6.07. The molecule has 32 heavy (non-hydrogen) atoms. The van der Waals surface area contributed by atoms with E-state index < -0.39 is 0 Å². The van der Waals surface area contributed by atoms with E-state index in [0.717, 1.165) is 42.8 Å². The number of benzene rings is 2. The molecule has 166 valence electrons. The van der Waals surface area contributed by atoms with Gasteiger partial charge in [-0.05, 0) is 74.9 Å². The summed E-state index contributed by atoms with van der Waals surface area (Å²) < 4.78 is 8.21. The van der Waals surface area contributed by atoms with Gasteiger partial charge in [0, 0.05) is 17.5 Å². The van der Waals surface area contributed by atoms with Crippen molar-refractivity contribution < 1.29 is 9.53 Å². The van der Waals surface area contributed by atoms with Crippen LogP contribution in [0.3, 0.4) is 0 Å². The second-order valence-electron chi connectivity index (χ2n) is 8.96. The zero-order valence-corrected chi connectivity index (χ0v) is 19.1. The monoisotopic (exact) mass is 449 g/mol. The molecule has 0 aliphatic heterocycles. The number of aryl methyl sites for hydroxylation is 1. The number of ether oxygens (including phenoxy) is 1. The van der Waals surface area contributed by atoms with Crippen molar-refractivity contribution in [3.63, 3.8) is 0 Å². The van der Waals surface area contributed by atoms with Crippen molar-refractivity contribution in [1.82, 2.24) is 14.7 Å². The van der Waals surface area contributed by atoms with Gasteiger partial charge < -0.3 is 9.64 Å². The predicted octanol–water partition coefficient (Wildman–Crippen LogP) is 6.17. The summed E-state index contributed by atoms with van der Waals surface area (Å²) in [4.78, 5) is 15.3. The van der Waals surface area contributed by atoms with E-state index in [4.69, 9.17) is 21.4 Å². The highest BCUT2D eigenvalue weighted by Gasteiger charge is 2.34. The van der Waals surface area contributed by atoms with Crippen molar-refractivity contribution >= 4 is 17.5 Å². The lowest BCUT2D eigenvalue weighted by Crippen LogP contribution is -2.39. The Labute approximate surface area is 193 Å². The van der Waals surface area contributed by atoms with E-state index in [9.17, 15) is 4.79 Å². The number of rotatable bonds is 8. The lowest BCUT2D eigenvalue weighted by molar-refractivity contribution is -0.139. The van der Waals surface area contributed by atoms with Crippen LogP contribution < -0.4 is 4.74 Å². The number of hydrogen-bond donors (Lipinski definition) is 0.